The van der Waals surface area contributed by atoms with Gasteiger partial charge in [0.15, 0.2) is 6.61 Å². The van der Waals surface area contributed by atoms with Crippen molar-refractivity contribution in [2.75, 3.05) is 19.8 Å². The molecule has 122 valence electrons. The van der Waals surface area contributed by atoms with Crippen LogP contribution in [-0.2, 0) is 16.1 Å². The second-order valence-corrected chi connectivity index (χ2v) is 5.02. The molecule has 1 fully saturated rings. The third kappa shape index (κ3) is 5.18. The van der Waals surface area contributed by atoms with Gasteiger partial charge in [0.2, 0.25) is 5.91 Å². The molecule has 1 aromatic heterocycles. The standard InChI is InChI=1S/C14H17F3N2O3/c15-14(16,17)9-22-12-7-18-4-3-10(12)6-19-13(20)11-2-1-5-21-8-11/h3-4,7,11H,1-2,5-6,8-9H2,(H,19,20)/t11-/m0/s1. The maximum Gasteiger partial charge on any atom is 0.422 e. The van der Waals surface area contributed by atoms with Crippen LogP contribution in [0.1, 0.15) is 18.4 Å². The number of hydrogen-bond acceptors (Lipinski definition) is 4. The van der Waals surface area contributed by atoms with E-state index >= 15 is 0 Å². The van der Waals surface area contributed by atoms with Crippen LogP contribution in [-0.4, -0.2) is 36.9 Å². The number of amides is 1. The number of nitrogens with zero attached hydrogens (tertiary/aromatic N) is 1. The topological polar surface area (TPSA) is 60.5 Å². The third-order valence-corrected chi connectivity index (χ3v) is 3.25. The van der Waals surface area contributed by atoms with Gasteiger partial charge in [-0.2, -0.15) is 13.2 Å². The van der Waals surface area contributed by atoms with Crippen LogP contribution < -0.4 is 10.1 Å². The molecule has 2 heterocycles. The zero-order chi connectivity index (χ0) is 16.0. The highest BCUT2D eigenvalue weighted by Crippen LogP contribution is 2.21. The summed E-state index contributed by atoms with van der Waals surface area (Å²) in [6, 6.07) is 1.52. The summed E-state index contributed by atoms with van der Waals surface area (Å²) >= 11 is 0. The number of ether oxygens (including phenoxy) is 2. The minimum Gasteiger partial charge on any atom is -0.482 e. The Balaban J connectivity index is 1.90. The summed E-state index contributed by atoms with van der Waals surface area (Å²) < 4.78 is 46.6. The molecule has 8 heteroatoms. The number of carbonyl (C=O) groups is 1. The lowest BCUT2D eigenvalue weighted by atomic mass is 10.0. The van der Waals surface area contributed by atoms with Gasteiger partial charge in [0.1, 0.15) is 5.75 Å². The molecule has 0 aromatic carbocycles. The van der Waals surface area contributed by atoms with E-state index in [4.69, 9.17) is 9.47 Å². The van der Waals surface area contributed by atoms with Gasteiger partial charge in [-0.05, 0) is 18.9 Å². The van der Waals surface area contributed by atoms with Crippen LogP contribution in [0.4, 0.5) is 13.2 Å². The molecule has 1 N–H and O–H groups in total. The second-order valence-electron chi connectivity index (χ2n) is 5.02. The van der Waals surface area contributed by atoms with Gasteiger partial charge < -0.3 is 14.8 Å². The molecule has 0 saturated carbocycles. The minimum atomic E-state index is -4.42. The molecule has 1 aliphatic rings. The molecule has 1 aliphatic heterocycles. The highest BCUT2D eigenvalue weighted by Gasteiger charge is 2.29. The molecule has 0 spiro atoms. The first-order valence-corrected chi connectivity index (χ1v) is 6.93. The molecule has 1 amide bonds. The average Bonchev–Trinajstić information content (AvgIpc) is 2.51. The maximum atomic E-state index is 12.2. The predicted octanol–water partition coefficient (Wildman–Crippen LogP) is 2.07. The first-order chi connectivity index (χ1) is 10.5. The van der Waals surface area contributed by atoms with Crippen molar-refractivity contribution in [1.29, 1.82) is 0 Å². The number of aromatic nitrogens is 1. The van der Waals surface area contributed by atoms with Crippen molar-refractivity contribution in [1.82, 2.24) is 10.3 Å². The van der Waals surface area contributed by atoms with Crippen LogP contribution in [0.3, 0.4) is 0 Å². The Bertz CT molecular complexity index is 502. The van der Waals surface area contributed by atoms with E-state index in [0.717, 1.165) is 12.8 Å². The van der Waals surface area contributed by atoms with Crippen molar-refractivity contribution in [3.05, 3.63) is 24.0 Å². The highest BCUT2D eigenvalue weighted by atomic mass is 19.4. The number of carbonyl (C=O) groups excluding carboxylic acids is 1. The summed E-state index contributed by atoms with van der Waals surface area (Å²) in [4.78, 5) is 15.7. The molecule has 0 unspecified atom stereocenters. The average molecular weight is 318 g/mol. The second kappa shape index (κ2) is 7.44. The zero-order valence-corrected chi connectivity index (χ0v) is 11.9. The van der Waals surface area contributed by atoms with Gasteiger partial charge in [0, 0.05) is 24.9 Å². The van der Waals surface area contributed by atoms with Gasteiger partial charge in [-0.1, -0.05) is 0 Å². The highest BCUT2D eigenvalue weighted by molar-refractivity contribution is 5.78. The van der Waals surface area contributed by atoms with Gasteiger partial charge in [-0.3, -0.25) is 9.78 Å². The van der Waals surface area contributed by atoms with Gasteiger partial charge in [-0.15, -0.1) is 0 Å². The van der Waals surface area contributed by atoms with Crippen LogP contribution in [0.5, 0.6) is 5.75 Å². The number of rotatable bonds is 5. The molecular weight excluding hydrogens is 301 g/mol. The molecule has 1 aromatic rings. The fourth-order valence-corrected chi connectivity index (χ4v) is 2.12. The van der Waals surface area contributed by atoms with Gasteiger partial charge >= 0.3 is 6.18 Å². The molecule has 2 rings (SSSR count). The Kier molecular flexibility index (Phi) is 5.59. The summed E-state index contributed by atoms with van der Waals surface area (Å²) in [5.41, 5.74) is 0.448. The van der Waals surface area contributed by atoms with E-state index in [1.54, 1.807) is 0 Å². The quantitative estimate of drug-likeness (QED) is 0.903. The SMILES string of the molecule is O=C(NCc1ccncc1OCC(F)(F)F)[C@H]1CCCOC1. The fourth-order valence-electron chi connectivity index (χ4n) is 2.12. The molecular formula is C14H17F3N2O3. The monoisotopic (exact) mass is 318 g/mol. The Morgan fingerprint density at radius 2 is 2.32 bits per heavy atom. The van der Waals surface area contributed by atoms with Crippen molar-refractivity contribution in [3.63, 3.8) is 0 Å². The summed E-state index contributed by atoms with van der Waals surface area (Å²) in [6.45, 7) is -0.273. The molecule has 0 bridgehead atoms. The van der Waals surface area contributed by atoms with Crippen molar-refractivity contribution >= 4 is 5.91 Å². The van der Waals surface area contributed by atoms with Crippen molar-refractivity contribution < 1.29 is 27.4 Å². The number of nitrogens with one attached hydrogen (secondary N) is 1. The Hall–Kier alpha value is -1.83. The van der Waals surface area contributed by atoms with E-state index in [1.807, 2.05) is 0 Å². The molecule has 5 nitrogen and oxygen atoms in total. The van der Waals surface area contributed by atoms with Crippen LogP contribution in [0.15, 0.2) is 18.5 Å². The normalized spacial score (nSPS) is 18.8. The van der Waals surface area contributed by atoms with E-state index in [2.05, 4.69) is 10.3 Å². The van der Waals surface area contributed by atoms with E-state index < -0.39 is 12.8 Å². The van der Waals surface area contributed by atoms with Crippen molar-refractivity contribution in [3.8, 4) is 5.75 Å². The summed E-state index contributed by atoms with van der Waals surface area (Å²) in [7, 11) is 0. The van der Waals surface area contributed by atoms with Gasteiger partial charge in [0.05, 0.1) is 18.7 Å². The summed E-state index contributed by atoms with van der Waals surface area (Å²) in [5.74, 6) is -0.367. The van der Waals surface area contributed by atoms with Crippen molar-refractivity contribution in [2.45, 2.75) is 25.6 Å². The first kappa shape index (κ1) is 16.5. The molecule has 1 saturated heterocycles. The van der Waals surface area contributed by atoms with Gasteiger partial charge in [0.25, 0.3) is 0 Å². The maximum absolute atomic E-state index is 12.2. The minimum absolute atomic E-state index is 0.0139. The summed E-state index contributed by atoms with van der Waals surface area (Å²) in [6.07, 6.45) is -0.203. The molecule has 1 atom stereocenters. The molecule has 0 radical (unpaired) electrons. The molecule has 22 heavy (non-hydrogen) atoms. The van der Waals surface area contributed by atoms with E-state index in [9.17, 15) is 18.0 Å². The van der Waals surface area contributed by atoms with Crippen LogP contribution in [0.25, 0.3) is 0 Å². The van der Waals surface area contributed by atoms with Crippen LogP contribution in [0.2, 0.25) is 0 Å². The third-order valence-electron chi connectivity index (χ3n) is 3.25. The van der Waals surface area contributed by atoms with Crippen LogP contribution >= 0.6 is 0 Å². The summed E-state index contributed by atoms with van der Waals surface area (Å²) in [5, 5.41) is 2.70. The first-order valence-electron chi connectivity index (χ1n) is 6.93. The van der Waals surface area contributed by atoms with Crippen molar-refractivity contribution in [2.24, 2.45) is 5.92 Å². The van der Waals surface area contributed by atoms with Gasteiger partial charge in [-0.25, -0.2) is 0 Å². The molecule has 0 aliphatic carbocycles. The predicted molar refractivity (Wildman–Crippen MR) is 71.2 cm³/mol. The number of hydrogen-bond donors (Lipinski definition) is 1. The Morgan fingerprint density at radius 1 is 1.50 bits per heavy atom. The zero-order valence-electron chi connectivity index (χ0n) is 11.9. The number of pyridine rings is 1. The number of halogens is 3. The lowest BCUT2D eigenvalue weighted by Crippen LogP contribution is -2.35. The lowest BCUT2D eigenvalue weighted by molar-refractivity contribution is -0.153. The van der Waals surface area contributed by atoms with E-state index in [0.29, 0.717) is 18.8 Å². The van der Waals surface area contributed by atoms with Crippen LogP contribution in [0, 0.1) is 5.92 Å². The fraction of sp³-hybridized carbons (Fsp3) is 0.571. The smallest absolute Gasteiger partial charge is 0.422 e. The number of alkyl halides is 3. The van der Waals surface area contributed by atoms with E-state index in [1.165, 1.54) is 18.5 Å². The van der Waals surface area contributed by atoms with E-state index in [-0.39, 0.29) is 24.1 Å². The Morgan fingerprint density at radius 3 is 3.00 bits per heavy atom. The lowest BCUT2D eigenvalue weighted by Gasteiger charge is -2.21. The Labute approximate surface area is 125 Å². The largest absolute Gasteiger partial charge is 0.482 e.